The first-order valence-electron chi connectivity index (χ1n) is 4.90. The standard InChI is InChI=1S/C9H14N2O2/c12-8-4-1-2-6-10(8)11-7-3-5-9(11)13/h1-7H2. The van der Waals surface area contributed by atoms with Gasteiger partial charge in [0.2, 0.25) is 11.8 Å². The molecule has 0 spiro atoms. The van der Waals surface area contributed by atoms with Crippen LogP contribution in [0.15, 0.2) is 0 Å². The van der Waals surface area contributed by atoms with Gasteiger partial charge >= 0.3 is 0 Å². The Hall–Kier alpha value is -1.06. The fraction of sp³-hybridized carbons (Fsp3) is 0.778. The predicted octanol–water partition coefficient (Wildman–Crippen LogP) is 0.536. The number of hydrogen-bond donors (Lipinski definition) is 0. The number of amides is 2. The lowest BCUT2D eigenvalue weighted by Crippen LogP contribution is -2.49. The van der Waals surface area contributed by atoms with Crippen LogP contribution < -0.4 is 0 Å². The van der Waals surface area contributed by atoms with Gasteiger partial charge in [0.05, 0.1) is 0 Å². The number of hydrogen-bond acceptors (Lipinski definition) is 2. The van der Waals surface area contributed by atoms with E-state index in [0.29, 0.717) is 12.8 Å². The number of nitrogens with zero attached hydrogens (tertiary/aromatic N) is 2. The Kier molecular flexibility index (Phi) is 2.20. The number of carbonyl (C=O) groups is 2. The van der Waals surface area contributed by atoms with Gasteiger partial charge in [-0.25, -0.2) is 0 Å². The molecule has 2 heterocycles. The molecule has 0 aromatic heterocycles. The molecule has 4 nitrogen and oxygen atoms in total. The summed E-state index contributed by atoms with van der Waals surface area (Å²) in [4.78, 5) is 22.8. The molecule has 2 fully saturated rings. The van der Waals surface area contributed by atoms with Crippen LogP contribution in [0.2, 0.25) is 0 Å². The quantitative estimate of drug-likeness (QED) is 0.593. The normalized spacial score (nSPS) is 24.3. The molecule has 72 valence electrons. The largest absolute Gasteiger partial charge is 0.273 e. The van der Waals surface area contributed by atoms with E-state index in [1.54, 1.807) is 10.0 Å². The Labute approximate surface area is 77.5 Å². The van der Waals surface area contributed by atoms with Gasteiger partial charge in [0.15, 0.2) is 0 Å². The first-order chi connectivity index (χ1) is 6.29. The summed E-state index contributed by atoms with van der Waals surface area (Å²) in [5.74, 6) is 0.219. The zero-order valence-electron chi connectivity index (χ0n) is 7.66. The average Bonchev–Trinajstić information content (AvgIpc) is 2.52. The van der Waals surface area contributed by atoms with Crippen molar-refractivity contribution in [2.45, 2.75) is 32.1 Å². The molecule has 0 bridgehead atoms. The van der Waals surface area contributed by atoms with E-state index in [-0.39, 0.29) is 11.8 Å². The molecule has 2 aliphatic heterocycles. The van der Waals surface area contributed by atoms with E-state index in [9.17, 15) is 9.59 Å². The Morgan fingerprint density at radius 2 is 1.31 bits per heavy atom. The second kappa shape index (κ2) is 3.36. The van der Waals surface area contributed by atoms with Crippen molar-refractivity contribution >= 4 is 11.8 Å². The van der Waals surface area contributed by atoms with E-state index in [2.05, 4.69) is 0 Å². The Morgan fingerprint density at radius 3 is 1.77 bits per heavy atom. The van der Waals surface area contributed by atoms with Crippen LogP contribution in [0.5, 0.6) is 0 Å². The molecule has 0 atom stereocenters. The second-order valence-electron chi connectivity index (χ2n) is 3.59. The molecule has 2 saturated heterocycles. The van der Waals surface area contributed by atoms with Crippen molar-refractivity contribution in [1.29, 1.82) is 0 Å². The van der Waals surface area contributed by atoms with Gasteiger partial charge in [-0.1, -0.05) is 0 Å². The van der Waals surface area contributed by atoms with Crippen LogP contribution in [0.3, 0.4) is 0 Å². The van der Waals surface area contributed by atoms with E-state index >= 15 is 0 Å². The maximum Gasteiger partial charge on any atom is 0.241 e. The summed E-state index contributed by atoms with van der Waals surface area (Å²) in [7, 11) is 0. The van der Waals surface area contributed by atoms with Gasteiger partial charge in [-0.3, -0.25) is 19.6 Å². The molecule has 0 aromatic rings. The lowest BCUT2D eigenvalue weighted by Gasteiger charge is -2.34. The van der Waals surface area contributed by atoms with Crippen LogP contribution in [-0.4, -0.2) is 34.9 Å². The molecule has 2 rings (SSSR count). The average molecular weight is 182 g/mol. The van der Waals surface area contributed by atoms with Gasteiger partial charge in [0.1, 0.15) is 0 Å². The highest BCUT2D eigenvalue weighted by Crippen LogP contribution is 2.18. The van der Waals surface area contributed by atoms with Gasteiger partial charge in [-0.15, -0.1) is 0 Å². The Balaban J connectivity index is 2.05. The molecule has 2 amide bonds. The number of piperidine rings is 1. The van der Waals surface area contributed by atoms with E-state index in [4.69, 9.17) is 0 Å². The first-order valence-corrected chi connectivity index (χ1v) is 4.90. The molecule has 0 unspecified atom stereocenters. The third-order valence-corrected chi connectivity index (χ3v) is 2.64. The molecule has 0 aromatic carbocycles. The van der Waals surface area contributed by atoms with Crippen LogP contribution in [0.1, 0.15) is 32.1 Å². The van der Waals surface area contributed by atoms with Crippen molar-refractivity contribution < 1.29 is 9.59 Å². The number of rotatable bonds is 1. The lowest BCUT2D eigenvalue weighted by molar-refractivity contribution is -0.162. The maximum atomic E-state index is 11.5. The zero-order valence-corrected chi connectivity index (χ0v) is 7.66. The molecular formula is C9H14N2O2. The van der Waals surface area contributed by atoms with Crippen LogP contribution in [0.4, 0.5) is 0 Å². The highest BCUT2D eigenvalue weighted by Gasteiger charge is 2.30. The molecule has 0 aliphatic carbocycles. The summed E-state index contributed by atoms with van der Waals surface area (Å²) in [5.41, 5.74) is 0. The zero-order chi connectivity index (χ0) is 9.26. The predicted molar refractivity (Wildman–Crippen MR) is 46.5 cm³/mol. The minimum Gasteiger partial charge on any atom is -0.273 e. The second-order valence-corrected chi connectivity index (χ2v) is 3.59. The van der Waals surface area contributed by atoms with Gasteiger partial charge in [-0.05, 0) is 19.3 Å². The van der Waals surface area contributed by atoms with Crippen molar-refractivity contribution in [3.05, 3.63) is 0 Å². The van der Waals surface area contributed by atoms with Crippen molar-refractivity contribution in [3.63, 3.8) is 0 Å². The fourth-order valence-corrected chi connectivity index (χ4v) is 1.94. The molecule has 0 radical (unpaired) electrons. The highest BCUT2D eigenvalue weighted by molar-refractivity contribution is 5.83. The van der Waals surface area contributed by atoms with Gasteiger partial charge < -0.3 is 0 Å². The van der Waals surface area contributed by atoms with Gasteiger partial charge in [0, 0.05) is 25.9 Å². The molecule has 4 heteroatoms. The Morgan fingerprint density at radius 1 is 0.769 bits per heavy atom. The molecular weight excluding hydrogens is 168 g/mol. The Bertz CT molecular complexity index is 240. The van der Waals surface area contributed by atoms with E-state index in [0.717, 1.165) is 32.4 Å². The minimum atomic E-state index is 0.107. The molecule has 0 saturated carbocycles. The maximum absolute atomic E-state index is 11.5. The SMILES string of the molecule is O=C1CCCCN1N1CCCC1=O. The van der Waals surface area contributed by atoms with E-state index in [1.165, 1.54) is 0 Å². The molecule has 0 N–H and O–H groups in total. The summed E-state index contributed by atoms with van der Waals surface area (Å²) >= 11 is 0. The molecule has 2 aliphatic rings. The summed E-state index contributed by atoms with van der Waals surface area (Å²) in [6.07, 6.45) is 4.09. The topological polar surface area (TPSA) is 40.6 Å². The summed E-state index contributed by atoms with van der Waals surface area (Å²) in [6.45, 7) is 1.45. The minimum absolute atomic E-state index is 0.107. The summed E-state index contributed by atoms with van der Waals surface area (Å²) < 4.78 is 0. The lowest BCUT2D eigenvalue weighted by atomic mass is 10.1. The highest BCUT2D eigenvalue weighted by atomic mass is 16.2. The third-order valence-electron chi connectivity index (χ3n) is 2.64. The van der Waals surface area contributed by atoms with Gasteiger partial charge in [-0.2, -0.15) is 0 Å². The third kappa shape index (κ3) is 1.53. The molecule has 13 heavy (non-hydrogen) atoms. The van der Waals surface area contributed by atoms with Crippen LogP contribution in [0, 0.1) is 0 Å². The van der Waals surface area contributed by atoms with Crippen LogP contribution in [0.25, 0.3) is 0 Å². The van der Waals surface area contributed by atoms with E-state index in [1.807, 2.05) is 0 Å². The van der Waals surface area contributed by atoms with Crippen molar-refractivity contribution in [2.75, 3.05) is 13.1 Å². The van der Waals surface area contributed by atoms with E-state index < -0.39 is 0 Å². The number of carbonyl (C=O) groups excluding carboxylic acids is 2. The van der Waals surface area contributed by atoms with Crippen molar-refractivity contribution in [3.8, 4) is 0 Å². The van der Waals surface area contributed by atoms with Crippen LogP contribution in [-0.2, 0) is 9.59 Å². The van der Waals surface area contributed by atoms with Crippen molar-refractivity contribution in [1.82, 2.24) is 10.0 Å². The summed E-state index contributed by atoms with van der Waals surface area (Å²) in [5, 5.41) is 3.26. The monoisotopic (exact) mass is 182 g/mol. The smallest absolute Gasteiger partial charge is 0.241 e. The fourth-order valence-electron chi connectivity index (χ4n) is 1.94. The summed E-state index contributed by atoms with van der Waals surface area (Å²) in [6, 6.07) is 0. The van der Waals surface area contributed by atoms with Crippen molar-refractivity contribution in [2.24, 2.45) is 0 Å². The van der Waals surface area contributed by atoms with Crippen LogP contribution >= 0.6 is 0 Å². The van der Waals surface area contributed by atoms with Gasteiger partial charge in [0.25, 0.3) is 0 Å². The number of hydrazine groups is 1. The first kappa shape index (κ1) is 8.53.